The van der Waals surface area contributed by atoms with Gasteiger partial charge >= 0.3 is 0 Å². The van der Waals surface area contributed by atoms with E-state index in [0.29, 0.717) is 41.3 Å². The minimum Gasteiger partial charge on any atom is -0.505 e. The lowest BCUT2D eigenvalue weighted by Gasteiger charge is -2.27. The maximum atomic E-state index is 13.4. The number of ketones is 1. The van der Waals surface area contributed by atoms with Gasteiger partial charge < -0.3 is 19.6 Å². The molecule has 1 aliphatic heterocycles. The summed E-state index contributed by atoms with van der Waals surface area (Å²) in [5, 5.41) is 11.5. The van der Waals surface area contributed by atoms with Crippen LogP contribution in [-0.4, -0.2) is 69.3 Å². The van der Waals surface area contributed by atoms with Crippen LogP contribution in [0.1, 0.15) is 43.3 Å². The van der Waals surface area contributed by atoms with Gasteiger partial charge in [0.15, 0.2) is 5.76 Å². The number of fused-ring (bicyclic) bond motifs is 1. The second kappa shape index (κ2) is 10.3. The normalized spacial score (nSPS) is 17.6. The zero-order chi connectivity index (χ0) is 25.1. The van der Waals surface area contributed by atoms with Gasteiger partial charge in [0, 0.05) is 18.3 Å². The average molecular weight is 477 g/mol. The first-order valence-electron chi connectivity index (χ1n) is 12.0. The number of hydrogen-bond acceptors (Lipinski definition) is 6. The number of pyridine rings is 1. The molecule has 3 aromatic rings. The second-order valence-electron chi connectivity index (χ2n) is 8.59. The number of rotatable bonds is 9. The Morgan fingerprint density at radius 1 is 1.11 bits per heavy atom. The molecule has 1 aromatic carbocycles. The number of ether oxygens (including phenoxy) is 1. The number of para-hydroxylation sites is 1. The fraction of sp³-hybridized carbons (Fsp3) is 0.370. The van der Waals surface area contributed by atoms with Crippen molar-refractivity contribution in [2.24, 2.45) is 0 Å². The molecule has 1 fully saturated rings. The molecule has 1 amide bonds. The monoisotopic (exact) mass is 476 g/mol. The first-order chi connectivity index (χ1) is 16.9. The molecule has 0 saturated carbocycles. The number of hydrogen-bond donors (Lipinski definition) is 1. The van der Waals surface area contributed by atoms with Crippen LogP contribution in [0.15, 0.2) is 54.2 Å². The summed E-state index contributed by atoms with van der Waals surface area (Å²) in [6, 6.07) is 12.1. The van der Waals surface area contributed by atoms with E-state index in [1.54, 1.807) is 35.6 Å². The molecule has 8 heteroatoms. The van der Waals surface area contributed by atoms with E-state index >= 15 is 0 Å². The van der Waals surface area contributed by atoms with Crippen LogP contribution in [0.5, 0.6) is 5.75 Å². The van der Waals surface area contributed by atoms with Crippen molar-refractivity contribution in [3.63, 3.8) is 0 Å². The number of nitrogens with zero attached hydrogens (tertiary/aromatic N) is 4. The smallest absolute Gasteiger partial charge is 0.295 e. The third-order valence-electron chi connectivity index (χ3n) is 6.67. The fourth-order valence-electron chi connectivity index (χ4n) is 4.86. The van der Waals surface area contributed by atoms with Gasteiger partial charge in [0.2, 0.25) is 0 Å². The van der Waals surface area contributed by atoms with E-state index in [9.17, 15) is 14.7 Å². The number of aryl methyl sites for hydroxylation is 1. The number of benzene rings is 1. The van der Waals surface area contributed by atoms with Gasteiger partial charge in [-0.25, -0.2) is 4.98 Å². The maximum Gasteiger partial charge on any atom is 0.295 e. The van der Waals surface area contributed by atoms with Crippen molar-refractivity contribution in [3.05, 3.63) is 71.2 Å². The molecule has 0 radical (unpaired) electrons. The Morgan fingerprint density at radius 2 is 1.83 bits per heavy atom. The lowest BCUT2D eigenvalue weighted by Crippen LogP contribution is -2.33. The Bertz CT molecular complexity index is 1280. The molecule has 0 aliphatic carbocycles. The van der Waals surface area contributed by atoms with Crippen molar-refractivity contribution in [3.8, 4) is 5.75 Å². The van der Waals surface area contributed by atoms with Crippen molar-refractivity contribution in [2.75, 3.05) is 33.3 Å². The van der Waals surface area contributed by atoms with Gasteiger partial charge in [0.25, 0.3) is 11.7 Å². The maximum absolute atomic E-state index is 13.4. The molecule has 8 nitrogen and oxygen atoms in total. The van der Waals surface area contributed by atoms with E-state index in [2.05, 4.69) is 23.7 Å². The highest BCUT2D eigenvalue weighted by molar-refractivity contribution is 6.46. The highest BCUT2D eigenvalue weighted by Gasteiger charge is 2.47. The Hall–Kier alpha value is -3.65. The Labute approximate surface area is 205 Å². The number of aliphatic hydroxyl groups excluding tert-OH is 1. The molecule has 184 valence electrons. The summed E-state index contributed by atoms with van der Waals surface area (Å²) in [4.78, 5) is 35.0. The number of imidazole rings is 1. The molecule has 4 rings (SSSR count). The van der Waals surface area contributed by atoms with Gasteiger partial charge in [-0.05, 0) is 51.2 Å². The van der Waals surface area contributed by atoms with Crippen LogP contribution >= 0.6 is 0 Å². The molecular weight excluding hydrogens is 444 g/mol. The lowest BCUT2D eigenvalue weighted by molar-refractivity contribution is -0.140. The van der Waals surface area contributed by atoms with Crippen molar-refractivity contribution in [2.45, 2.75) is 33.2 Å². The van der Waals surface area contributed by atoms with E-state index in [0.717, 1.165) is 19.6 Å². The summed E-state index contributed by atoms with van der Waals surface area (Å²) < 4.78 is 7.32. The van der Waals surface area contributed by atoms with Crippen LogP contribution in [0.3, 0.4) is 0 Å². The Balaban J connectivity index is 1.85. The first-order valence-corrected chi connectivity index (χ1v) is 12.0. The standard InChI is InChI=1S/C27H32N4O4/c1-5-29(6-2)15-11-17-31-24(19-12-7-8-13-20(19)35-4)22(26(33)27(31)34)25(32)23-18(3)28-21-14-9-10-16-30(21)23/h7-10,12-14,16,24,32H,5-6,11,15,17H2,1-4H3/b25-22+/t24-/m1/s1. The minimum absolute atomic E-state index is 0.0519. The van der Waals surface area contributed by atoms with E-state index in [-0.39, 0.29) is 11.3 Å². The largest absolute Gasteiger partial charge is 0.505 e. The molecule has 1 N–H and O–H groups in total. The van der Waals surface area contributed by atoms with E-state index < -0.39 is 17.7 Å². The van der Waals surface area contributed by atoms with E-state index in [1.165, 1.54) is 0 Å². The minimum atomic E-state index is -0.767. The highest BCUT2D eigenvalue weighted by atomic mass is 16.5. The van der Waals surface area contributed by atoms with Gasteiger partial charge in [0.1, 0.15) is 17.1 Å². The van der Waals surface area contributed by atoms with Gasteiger partial charge in [-0.15, -0.1) is 0 Å². The summed E-state index contributed by atoms with van der Waals surface area (Å²) in [7, 11) is 1.56. The van der Waals surface area contributed by atoms with Crippen molar-refractivity contribution >= 4 is 23.1 Å². The van der Waals surface area contributed by atoms with Crippen LogP contribution in [0.2, 0.25) is 0 Å². The molecule has 1 atom stereocenters. The van der Waals surface area contributed by atoms with Gasteiger partial charge in [0.05, 0.1) is 24.4 Å². The van der Waals surface area contributed by atoms with Crippen LogP contribution < -0.4 is 4.74 Å². The number of carbonyl (C=O) groups is 2. The zero-order valence-corrected chi connectivity index (χ0v) is 20.7. The summed E-state index contributed by atoms with van der Waals surface area (Å²) >= 11 is 0. The first kappa shape index (κ1) is 24.5. The summed E-state index contributed by atoms with van der Waals surface area (Å²) in [6.45, 7) is 9.00. The van der Waals surface area contributed by atoms with Gasteiger partial charge in [-0.3, -0.25) is 14.0 Å². The van der Waals surface area contributed by atoms with Crippen LogP contribution in [0.4, 0.5) is 0 Å². The van der Waals surface area contributed by atoms with Crippen molar-refractivity contribution < 1.29 is 19.4 Å². The molecule has 1 saturated heterocycles. The molecule has 0 bridgehead atoms. The number of Topliss-reactive ketones (excluding diaryl/α,β-unsaturated/α-hetero) is 1. The van der Waals surface area contributed by atoms with Gasteiger partial charge in [-0.1, -0.05) is 38.1 Å². The molecule has 35 heavy (non-hydrogen) atoms. The molecular formula is C27H32N4O4. The molecule has 2 aromatic heterocycles. The average Bonchev–Trinajstić information content (AvgIpc) is 3.34. The SMILES string of the molecule is CCN(CC)CCCN1C(=O)C(=O)/C(=C(/O)c2c(C)nc3ccccn23)[C@H]1c1ccccc1OC. The summed E-state index contributed by atoms with van der Waals surface area (Å²) in [5.74, 6) is -1.00. The number of amides is 1. The fourth-order valence-corrected chi connectivity index (χ4v) is 4.86. The number of likely N-dealkylation sites (tertiary alicyclic amines) is 1. The number of carbonyl (C=O) groups excluding carboxylic acids is 2. The van der Waals surface area contributed by atoms with Crippen LogP contribution in [-0.2, 0) is 9.59 Å². The third kappa shape index (κ3) is 4.41. The Kier molecular flexibility index (Phi) is 7.21. The molecule has 1 aliphatic rings. The number of aliphatic hydroxyl groups is 1. The molecule has 3 heterocycles. The summed E-state index contributed by atoms with van der Waals surface area (Å²) in [6.07, 6.45) is 2.48. The predicted molar refractivity (Wildman–Crippen MR) is 134 cm³/mol. The molecule has 0 spiro atoms. The van der Waals surface area contributed by atoms with E-state index in [1.807, 2.05) is 36.4 Å². The second-order valence-corrected chi connectivity index (χ2v) is 8.59. The summed E-state index contributed by atoms with van der Waals surface area (Å²) in [5.41, 5.74) is 2.33. The highest BCUT2D eigenvalue weighted by Crippen LogP contribution is 2.43. The van der Waals surface area contributed by atoms with Crippen LogP contribution in [0.25, 0.3) is 11.4 Å². The topological polar surface area (TPSA) is 87.4 Å². The number of methoxy groups -OCH3 is 1. The van der Waals surface area contributed by atoms with Crippen molar-refractivity contribution in [1.29, 1.82) is 0 Å². The number of aromatic nitrogens is 2. The van der Waals surface area contributed by atoms with Crippen molar-refractivity contribution in [1.82, 2.24) is 19.2 Å². The molecule has 0 unspecified atom stereocenters. The van der Waals surface area contributed by atoms with E-state index in [4.69, 9.17) is 4.74 Å². The third-order valence-corrected chi connectivity index (χ3v) is 6.67. The van der Waals surface area contributed by atoms with Gasteiger partial charge in [-0.2, -0.15) is 0 Å². The zero-order valence-electron chi connectivity index (χ0n) is 20.7. The predicted octanol–water partition coefficient (Wildman–Crippen LogP) is 3.80. The van der Waals surface area contributed by atoms with Crippen LogP contribution in [0, 0.1) is 6.92 Å². The quantitative estimate of drug-likeness (QED) is 0.287. The lowest BCUT2D eigenvalue weighted by atomic mass is 9.95. The Morgan fingerprint density at radius 3 is 2.54 bits per heavy atom.